The Kier molecular flexibility index (Phi) is 5.59. The summed E-state index contributed by atoms with van der Waals surface area (Å²) >= 11 is 0. The molecule has 20 heavy (non-hydrogen) atoms. The van der Waals surface area contributed by atoms with Crippen molar-refractivity contribution in [3.05, 3.63) is 18.2 Å². The molecule has 0 radical (unpaired) electrons. The first-order chi connectivity index (χ1) is 9.65. The molecule has 1 aromatic rings. The predicted molar refractivity (Wildman–Crippen MR) is 79.4 cm³/mol. The van der Waals surface area contributed by atoms with E-state index in [1.165, 1.54) is 19.3 Å². The van der Waals surface area contributed by atoms with Crippen LogP contribution in [0.3, 0.4) is 0 Å². The SMILES string of the molecule is CC(C)CN1CCCCC1CNC(=O)Cc1ncc[nH]1. The fourth-order valence-corrected chi connectivity index (χ4v) is 2.84. The Balaban J connectivity index is 1.77. The Morgan fingerprint density at radius 3 is 3.10 bits per heavy atom. The van der Waals surface area contributed by atoms with Gasteiger partial charge in [0.1, 0.15) is 5.82 Å². The Bertz CT molecular complexity index is 402. The standard InChI is InChI=1S/C15H26N4O/c1-12(2)11-19-8-4-3-5-13(19)10-18-15(20)9-14-16-6-7-17-14/h6-7,12-13H,3-5,8-11H2,1-2H3,(H,16,17)(H,18,20). The van der Waals surface area contributed by atoms with Crippen molar-refractivity contribution in [2.75, 3.05) is 19.6 Å². The van der Waals surface area contributed by atoms with E-state index in [4.69, 9.17) is 0 Å². The number of nitrogens with one attached hydrogen (secondary N) is 2. The van der Waals surface area contributed by atoms with Crippen LogP contribution < -0.4 is 5.32 Å². The minimum absolute atomic E-state index is 0.0509. The molecule has 0 spiro atoms. The van der Waals surface area contributed by atoms with Crippen LogP contribution in [0.5, 0.6) is 0 Å². The maximum Gasteiger partial charge on any atom is 0.227 e. The molecule has 5 heteroatoms. The van der Waals surface area contributed by atoms with Crippen LogP contribution in [-0.4, -0.2) is 46.5 Å². The Labute approximate surface area is 121 Å². The molecule has 0 aliphatic carbocycles. The summed E-state index contributed by atoms with van der Waals surface area (Å²) in [6.45, 7) is 7.55. The number of likely N-dealkylation sites (tertiary alicyclic amines) is 1. The van der Waals surface area contributed by atoms with Crippen molar-refractivity contribution in [2.45, 2.75) is 45.6 Å². The van der Waals surface area contributed by atoms with Crippen LogP contribution in [0.15, 0.2) is 12.4 Å². The Morgan fingerprint density at radius 1 is 1.55 bits per heavy atom. The summed E-state index contributed by atoms with van der Waals surface area (Å²) in [6.07, 6.45) is 7.50. The van der Waals surface area contributed by atoms with E-state index >= 15 is 0 Å². The molecule has 1 saturated heterocycles. The monoisotopic (exact) mass is 278 g/mol. The first-order valence-corrected chi connectivity index (χ1v) is 7.64. The first kappa shape index (κ1) is 15.0. The summed E-state index contributed by atoms with van der Waals surface area (Å²) in [5.74, 6) is 1.45. The third-order valence-corrected chi connectivity index (χ3v) is 3.77. The zero-order valence-corrected chi connectivity index (χ0v) is 12.6. The molecule has 2 rings (SSSR count). The molecule has 1 aromatic heterocycles. The molecule has 1 aliphatic rings. The van der Waals surface area contributed by atoms with Gasteiger partial charge in [0.25, 0.3) is 0 Å². The molecule has 1 fully saturated rings. The van der Waals surface area contributed by atoms with Gasteiger partial charge in [-0.25, -0.2) is 4.98 Å². The minimum Gasteiger partial charge on any atom is -0.354 e. The van der Waals surface area contributed by atoms with E-state index in [9.17, 15) is 4.79 Å². The number of hydrogen-bond acceptors (Lipinski definition) is 3. The van der Waals surface area contributed by atoms with Crippen LogP contribution in [0, 0.1) is 5.92 Å². The van der Waals surface area contributed by atoms with Gasteiger partial charge in [0.15, 0.2) is 0 Å². The molecule has 2 heterocycles. The van der Waals surface area contributed by atoms with Crippen LogP contribution >= 0.6 is 0 Å². The number of aromatic amines is 1. The Hall–Kier alpha value is -1.36. The van der Waals surface area contributed by atoms with Gasteiger partial charge < -0.3 is 10.3 Å². The lowest BCUT2D eigenvalue weighted by atomic mass is 10.0. The van der Waals surface area contributed by atoms with Crippen molar-refractivity contribution < 1.29 is 4.79 Å². The van der Waals surface area contributed by atoms with Gasteiger partial charge in [-0.1, -0.05) is 20.3 Å². The van der Waals surface area contributed by atoms with Crippen molar-refractivity contribution in [3.8, 4) is 0 Å². The molecular weight excluding hydrogens is 252 g/mol. The van der Waals surface area contributed by atoms with Crippen LogP contribution in [0.25, 0.3) is 0 Å². The van der Waals surface area contributed by atoms with E-state index in [-0.39, 0.29) is 5.91 Å². The minimum atomic E-state index is 0.0509. The van der Waals surface area contributed by atoms with Gasteiger partial charge in [-0.05, 0) is 25.3 Å². The number of piperidine rings is 1. The quantitative estimate of drug-likeness (QED) is 0.830. The zero-order valence-electron chi connectivity index (χ0n) is 12.6. The number of carbonyl (C=O) groups is 1. The van der Waals surface area contributed by atoms with Crippen LogP contribution in [0.2, 0.25) is 0 Å². The molecule has 1 amide bonds. The number of rotatable bonds is 6. The van der Waals surface area contributed by atoms with Crippen LogP contribution in [0.1, 0.15) is 38.9 Å². The summed E-state index contributed by atoms with van der Waals surface area (Å²) in [7, 11) is 0. The third-order valence-electron chi connectivity index (χ3n) is 3.77. The second-order valence-corrected chi connectivity index (χ2v) is 6.06. The maximum absolute atomic E-state index is 11.9. The van der Waals surface area contributed by atoms with Gasteiger partial charge in [-0.2, -0.15) is 0 Å². The van der Waals surface area contributed by atoms with Gasteiger partial charge in [0.2, 0.25) is 5.91 Å². The van der Waals surface area contributed by atoms with Crippen molar-refractivity contribution in [2.24, 2.45) is 5.92 Å². The fraction of sp³-hybridized carbons (Fsp3) is 0.733. The highest BCUT2D eigenvalue weighted by molar-refractivity contribution is 5.77. The molecule has 112 valence electrons. The summed E-state index contributed by atoms with van der Waals surface area (Å²) in [5, 5.41) is 3.05. The van der Waals surface area contributed by atoms with E-state index in [1.54, 1.807) is 12.4 Å². The normalized spacial score (nSPS) is 20.2. The topological polar surface area (TPSA) is 61.0 Å². The van der Waals surface area contributed by atoms with Crippen LogP contribution in [0.4, 0.5) is 0 Å². The molecule has 2 N–H and O–H groups in total. The molecular formula is C15H26N4O. The molecule has 1 aliphatic heterocycles. The third kappa shape index (κ3) is 4.63. The highest BCUT2D eigenvalue weighted by Crippen LogP contribution is 2.17. The van der Waals surface area contributed by atoms with Crippen molar-refractivity contribution >= 4 is 5.91 Å². The second kappa shape index (κ2) is 7.43. The van der Waals surface area contributed by atoms with E-state index in [0.29, 0.717) is 18.4 Å². The van der Waals surface area contributed by atoms with Gasteiger partial charge in [-0.15, -0.1) is 0 Å². The largest absolute Gasteiger partial charge is 0.354 e. The average Bonchev–Trinajstić information content (AvgIpc) is 2.90. The lowest BCUT2D eigenvalue weighted by molar-refractivity contribution is -0.120. The highest BCUT2D eigenvalue weighted by Gasteiger charge is 2.23. The molecule has 0 saturated carbocycles. The maximum atomic E-state index is 11.9. The molecule has 5 nitrogen and oxygen atoms in total. The molecule has 0 aromatic carbocycles. The highest BCUT2D eigenvalue weighted by atomic mass is 16.1. The number of H-pyrrole nitrogens is 1. The van der Waals surface area contributed by atoms with Gasteiger partial charge in [0.05, 0.1) is 6.42 Å². The van der Waals surface area contributed by atoms with E-state index in [0.717, 1.165) is 25.5 Å². The number of amides is 1. The smallest absolute Gasteiger partial charge is 0.227 e. The van der Waals surface area contributed by atoms with Gasteiger partial charge >= 0.3 is 0 Å². The molecule has 1 atom stereocenters. The summed E-state index contributed by atoms with van der Waals surface area (Å²) in [5.41, 5.74) is 0. The van der Waals surface area contributed by atoms with Crippen molar-refractivity contribution in [1.29, 1.82) is 0 Å². The second-order valence-electron chi connectivity index (χ2n) is 6.06. The number of carbonyl (C=O) groups excluding carboxylic acids is 1. The van der Waals surface area contributed by atoms with E-state index < -0.39 is 0 Å². The first-order valence-electron chi connectivity index (χ1n) is 7.64. The fourth-order valence-electron chi connectivity index (χ4n) is 2.84. The van der Waals surface area contributed by atoms with Crippen molar-refractivity contribution in [3.63, 3.8) is 0 Å². The molecule has 0 bridgehead atoms. The van der Waals surface area contributed by atoms with E-state index in [1.807, 2.05) is 0 Å². The number of imidazole rings is 1. The number of hydrogen-bond donors (Lipinski definition) is 2. The van der Waals surface area contributed by atoms with Gasteiger partial charge in [-0.3, -0.25) is 9.69 Å². The predicted octanol–water partition coefficient (Wildman–Crippen LogP) is 1.58. The lowest BCUT2D eigenvalue weighted by Crippen LogP contribution is -2.48. The number of nitrogens with zero attached hydrogens (tertiary/aromatic N) is 2. The number of aromatic nitrogens is 2. The molecule has 1 unspecified atom stereocenters. The van der Waals surface area contributed by atoms with Crippen molar-refractivity contribution in [1.82, 2.24) is 20.2 Å². The summed E-state index contributed by atoms with van der Waals surface area (Å²) in [4.78, 5) is 21.5. The lowest BCUT2D eigenvalue weighted by Gasteiger charge is -2.36. The van der Waals surface area contributed by atoms with Crippen LogP contribution in [-0.2, 0) is 11.2 Å². The average molecular weight is 278 g/mol. The van der Waals surface area contributed by atoms with E-state index in [2.05, 4.69) is 34.0 Å². The zero-order chi connectivity index (χ0) is 14.4. The summed E-state index contributed by atoms with van der Waals surface area (Å²) < 4.78 is 0. The summed E-state index contributed by atoms with van der Waals surface area (Å²) in [6, 6.07) is 0.492. The van der Waals surface area contributed by atoms with Gasteiger partial charge in [0, 0.05) is 31.5 Å². The Morgan fingerprint density at radius 2 is 2.40 bits per heavy atom.